The molecule has 1 atom stereocenters. The second kappa shape index (κ2) is 4.18. The van der Waals surface area contributed by atoms with Crippen LogP contribution in [0.2, 0.25) is 0 Å². The van der Waals surface area contributed by atoms with Gasteiger partial charge in [-0.3, -0.25) is 9.59 Å². The molecule has 0 spiro atoms. The fraction of sp³-hybridized carbons (Fsp3) is 0.800. The summed E-state index contributed by atoms with van der Waals surface area (Å²) in [5.74, 6) is -0.256. The van der Waals surface area contributed by atoms with Crippen LogP contribution >= 0.6 is 0 Å². The molecule has 1 unspecified atom stereocenters. The third kappa shape index (κ3) is 2.28. The summed E-state index contributed by atoms with van der Waals surface area (Å²) in [6, 6.07) is -0.416. The molecule has 0 bridgehead atoms. The Balaban J connectivity index is 2.79. The van der Waals surface area contributed by atoms with Crippen LogP contribution in [-0.4, -0.2) is 48.6 Å². The standard InChI is InChI=1S/C10H18N2O3/c1-7-8(13)11-5-6-12(7)9(14)10(2,3)15-4/h7H,5-6H2,1-4H3,(H,11,13). The van der Waals surface area contributed by atoms with Crippen molar-refractivity contribution in [1.82, 2.24) is 10.2 Å². The molecule has 1 fully saturated rings. The van der Waals surface area contributed by atoms with E-state index in [2.05, 4.69) is 5.32 Å². The van der Waals surface area contributed by atoms with E-state index in [4.69, 9.17) is 4.74 Å². The minimum atomic E-state index is -0.869. The van der Waals surface area contributed by atoms with Crippen molar-refractivity contribution in [1.29, 1.82) is 0 Å². The Labute approximate surface area is 89.8 Å². The zero-order valence-corrected chi connectivity index (χ0v) is 9.66. The van der Waals surface area contributed by atoms with Crippen molar-refractivity contribution in [2.75, 3.05) is 20.2 Å². The average molecular weight is 214 g/mol. The van der Waals surface area contributed by atoms with Gasteiger partial charge in [0.15, 0.2) is 0 Å². The quantitative estimate of drug-likeness (QED) is 0.690. The first-order valence-corrected chi connectivity index (χ1v) is 5.04. The highest BCUT2D eigenvalue weighted by molar-refractivity contribution is 5.91. The summed E-state index contributed by atoms with van der Waals surface area (Å²) in [6.45, 7) is 6.18. The second-order valence-electron chi connectivity index (χ2n) is 4.18. The van der Waals surface area contributed by atoms with Crippen molar-refractivity contribution in [2.45, 2.75) is 32.4 Å². The number of rotatable bonds is 2. The monoisotopic (exact) mass is 214 g/mol. The van der Waals surface area contributed by atoms with Crippen LogP contribution in [0.5, 0.6) is 0 Å². The summed E-state index contributed by atoms with van der Waals surface area (Å²) in [4.78, 5) is 25.0. The summed E-state index contributed by atoms with van der Waals surface area (Å²) >= 11 is 0. The minimum absolute atomic E-state index is 0.110. The molecule has 0 aromatic carbocycles. The van der Waals surface area contributed by atoms with E-state index >= 15 is 0 Å². The van der Waals surface area contributed by atoms with Crippen molar-refractivity contribution in [3.8, 4) is 0 Å². The van der Waals surface area contributed by atoms with Gasteiger partial charge in [-0.05, 0) is 20.8 Å². The predicted molar refractivity (Wildman–Crippen MR) is 55.3 cm³/mol. The highest BCUT2D eigenvalue weighted by Crippen LogP contribution is 2.15. The van der Waals surface area contributed by atoms with E-state index in [1.54, 1.807) is 25.7 Å². The number of hydrogen-bond donors (Lipinski definition) is 1. The molecule has 1 N–H and O–H groups in total. The van der Waals surface area contributed by atoms with Crippen LogP contribution in [-0.2, 0) is 14.3 Å². The van der Waals surface area contributed by atoms with Gasteiger partial charge in [-0.1, -0.05) is 0 Å². The SMILES string of the molecule is COC(C)(C)C(=O)N1CCNC(=O)C1C. The van der Waals surface area contributed by atoms with Gasteiger partial charge in [0, 0.05) is 20.2 Å². The Kier molecular flexibility index (Phi) is 3.34. The normalized spacial score (nSPS) is 22.5. The van der Waals surface area contributed by atoms with Crippen LogP contribution in [0.1, 0.15) is 20.8 Å². The maximum atomic E-state index is 12.0. The van der Waals surface area contributed by atoms with E-state index in [1.165, 1.54) is 7.11 Å². The largest absolute Gasteiger partial charge is 0.369 e. The van der Waals surface area contributed by atoms with Crippen LogP contribution in [0.4, 0.5) is 0 Å². The van der Waals surface area contributed by atoms with Crippen LogP contribution in [0.3, 0.4) is 0 Å². The molecule has 0 saturated carbocycles. The molecule has 1 aliphatic heterocycles. The van der Waals surface area contributed by atoms with E-state index in [0.29, 0.717) is 13.1 Å². The van der Waals surface area contributed by atoms with Crippen LogP contribution in [0.15, 0.2) is 0 Å². The number of hydrogen-bond acceptors (Lipinski definition) is 3. The molecule has 0 radical (unpaired) electrons. The molecule has 1 rings (SSSR count). The number of piperazine rings is 1. The topological polar surface area (TPSA) is 58.6 Å². The molecule has 5 nitrogen and oxygen atoms in total. The van der Waals surface area contributed by atoms with E-state index in [9.17, 15) is 9.59 Å². The summed E-state index contributed by atoms with van der Waals surface area (Å²) < 4.78 is 5.11. The number of ether oxygens (including phenoxy) is 1. The Morgan fingerprint density at radius 3 is 2.73 bits per heavy atom. The summed E-state index contributed by atoms with van der Waals surface area (Å²) in [7, 11) is 1.49. The second-order valence-corrected chi connectivity index (χ2v) is 4.18. The van der Waals surface area contributed by atoms with Crippen LogP contribution in [0, 0.1) is 0 Å². The van der Waals surface area contributed by atoms with Gasteiger partial charge in [-0.15, -0.1) is 0 Å². The molecule has 0 aliphatic carbocycles. The van der Waals surface area contributed by atoms with Gasteiger partial charge < -0.3 is 15.0 Å². The lowest BCUT2D eigenvalue weighted by Crippen LogP contribution is -2.60. The molecule has 1 saturated heterocycles. The average Bonchev–Trinajstić information content (AvgIpc) is 2.21. The number of amides is 2. The van der Waals surface area contributed by atoms with E-state index in [-0.39, 0.29) is 11.8 Å². The number of carbonyl (C=O) groups is 2. The Bertz CT molecular complexity index is 276. The third-order valence-corrected chi connectivity index (χ3v) is 2.79. The van der Waals surface area contributed by atoms with Crippen LogP contribution in [0.25, 0.3) is 0 Å². The maximum Gasteiger partial charge on any atom is 0.254 e. The van der Waals surface area contributed by atoms with Crippen molar-refractivity contribution in [3.05, 3.63) is 0 Å². The van der Waals surface area contributed by atoms with Crippen LogP contribution < -0.4 is 5.32 Å². The first-order valence-electron chi connectivity index (χ1n) is 5.04. The fourth-order valence-electron chi connectivity index (χ4n) is 1.49. The van der Waals surface area contributed by atoms with Gasteiger partial charge in [0.2, 0.25) is 5.91 Å². The van der Waals surface area contributed by atoms with Crippen molar-refractivity contribution in [2.24, 2.45) is 0 Å². The Morgan fingerprint density at radius 2 is 2.20 bits per heavy atom. The van der Waals surface area contributed by atoms with Gasteiger partial charge in [-0.2, -0.15) is 0 Å². The number of carbonyl (C=O) groups excluding carboxylic acids is 2. The first kappa shape index (κ1) is 12.0. The number of nitrogens with one attached hydrogen (secondary N) is 1. The lowest BCUT2D eigenvalue weighted by Gasteiger charge is -2.37. The van der Waals surface area contributed by atoms with E-state index in [1.807, 2.05) is 0 Å². The van der Waals surface area contributed by atoms with Crippen molar-refractivity contribution in [3.63, 3.8) is 0 Å². The minimum Gasteiger partial charge on any atom is -0.369 e. The molecule has 5 heteroatoms. The summed E-state index contributed by atoms with van der Waals surface area (Å²) in [6.07, 6.45) is 0. The molecular formula is C10H18N2O3. The summed E-state index contributed by atoms with van der Waals surface area (Å²) in [5.41, 5.74) is -0.869. The molecule has 0 aromatic rings. The molecule has 15 heavy (non-hydrogen) atoms. The van der Waals surface area contributed by atoms with Gasteiger partial charge >= 0.3 is 0 Å². The molecule has 86 valence electrons. The summed E-state index contributed by atoms with van der Waals surface area (Å²) in [5, 5.41) is 2.71. The van der Waals surface area contributed by atoms with Crippen molar-refractivity contribution >= 4 is 11.8 Å². The third-order valence-electron chi connectivity index (χ3n) is 2.79. The number of methoxy groups -OCH3 is 1. The molecule has 1 aliphatic rings. The molecular weight excluding hydrogens is 196 g/mol. The van der Waals surface area contributed by atoms with Gasteiger partial charge in [0.1, 0.15) is 11.6 Å². The fourth-order valence-corrected chi connectivity index (χ4v) is 1.49. The Morgan fingerprint density at radius 1 is 1.60 bits per heavy atom. The van der Waals surface area contributed by atoms with E-state index in [0.717, 1.165) is 0 Å². The lowest BCUT2D eigenvalue weighted by molar-refractivity contribution is -0.157. The molecule has 0 aromatic heterocycles. The highest BCUT2D eigenvalue weighted by Gasteiger charge is 2.37. The van der Waals surface area contributed by atoms with Crippen molar-refractivity contribution < 1.29 is 14.3 Å². The zero-order valence-electron chi connectivity index (χ0n) is 9.66. The maximum absolute atomic E-state index is 12.0. The predicted octanol–water partition coefficient (Wildman–Crippen LogP) is -0.242. The number of nitrogens with zero attached hydrogens (tertiary/aromatic N) is 1. The first-order chi connectivity index (χ1) is 6.90. The smallest absolute Gasteiger partial charge is 0.254 e. The van der Waals surface area contributed by atoms with Gasteiger partial charge in [-0.25, -0.2) is 0 Å². The highest BCUT2D eigenvalue weighted by atomic mass is 16.5. The van der Waals surface area contributed by atoms with E-state index < -0.39 is 11.6 Å². The van der Waals surface area contributed by atoms with Gasteiger partial charge in [0.25, 0.3) is 5.91 Å². The lowest BCUT2D eigenvalue weighted by atomic mass is 10.1. The van der Waals surface area contributed by atoms with Gasteiger partial charge in [0.05, 0.1) is 0 Å². The Hall–Kier alpha value is -1.10. The molecule has 2 amide bonds. The molecule has 1 heterocycles. The zero-order chi connectivity index (χ0) is 11.6.